The van der Waals surface area contributed by atoms with Crippen LogP contribution in [0.1, 0.15) is 13.8 Å². The SMILES string of the molecule is CC(C)(C(N)=O)C1CNCCN1. The summed E-state index contributed by atoms with van der Waals surface area (Å²) in [4.78, 5) is 11.1. The van der Waals surface area contributed by atoms with E-state index in [0.717, 1.165) is 19.6 Å². The van der Waals surface area contributed by atoms with Crippen LogP contribution < -0.4 is 16.4 Å². The van der Waals surface area contributed by atoms with E-state index >= 15 is 0 Å². The number of carbonyl (C=O) groups excluding carboxylic acids is 1. The molecular weight excluding hydrogens is 154 g/mol. The zero-order valence-electron chi connectivity index (χ0n) is 7.68. The molecule has 0 aromatic heterocycles. The average molecular weight is 171 g/mol. The van der Waals surface area contributed by atoms with E-state index in [1.807, 2.05) is 13.8 Å². The molecule has 1 aliphatic heterocycles. The third-order valence-corrected chi connectivity index (χ3v) is 2.55. The van der Waals surface area contributed by atoms with Crippen molar-refractivity contribution in [3.63, 3.8) is 0 Å². The highest BCUT2D eigenvalue weighted by atomic mass is 16.1. The number of carbonyl (C=O) groups is 1. The fourth-order valence-corrected chi connectivity index (χ4v) is 1.34. The van der Waals surface area contributed by atoms with Gasteiger partial charge in [0.15, 0.2) is 0 Å². The second-order valence-corrected chi connectivity index (χ2v) is 3.80. The summed E-state index contributed by atoms with van der Waals surface area (Å²) in [6, 6.07) is 0.156. The summed E-state index contributed by atoms with van der Waals surface area (Å²) in [5.74, 6) is -0.247. The van der Waals surface area contributed by atoms with Gasteiger partial charge in [0.05, 0.1) is 5.41 Å². The quantitative estimate of drug-likeness (QED) is 0.502. The number of piperazine rings is 1. The third kappa shape index (κ3) is 1.76. The Morgan fingerprint density at radius 1 is 1.50 bits per heavy atom. The standard InChI is InChI=1S/C8H17N3O/c1-8(2,7(9)12)6-5-10-3-4-11-6/h6,10-11H,3-5H2,1-2H3,(H2,9,12). The molecule has 1 saturated heterocycles. The first-order valence-corrected chi connectivity index (χ1v) is 4.29. The van der Waals surface area contributed by atoms with Gasteiger partial charge >= 0.3 is 0 Å². The third-order valence-electron chi connectivity index (χ3n) is 2.55. The summed E-state index contributed by atoms with van der Waals surface area (Å²) in [6.45, 7) is 6.43. The highest BCUT2D eigenvalue weighted by Crippen LogP contribution is 2.20. The van der Waals surface area contributed by atoms with Gasteiger partial charge in [-0.25, -0.2) is 0 Å². The van der Waals surface area contributed by atoms with Gasteiger partial charge in [-0.05, 0) is 13.8 Å². The van der Waals surface area contributed by atoms with Crippen LogP contribution in [0.3, 0.4) is 0 Å². The number of rotatable bonds is 2. The summed E-state index contributed by atoms with van der Waals surface area (Å²) < 4.78 is 0. The maximum atomic E-state index is 11.1. The van der Waals surface area contributed by atoms with Crippen molar-refractivity contribution in [2.75, 3.05) is 19.6 Å². The lowest BCUT2D eigenvalue weighted by atomic mass is 9.83. The topological polar surface area (TPSA) is 67.2 Å². The van der Waals surface area contributed by atoms with Crippen LogP contribution in [0.4, 0.5) is 0 Å². The van der Waals surface area contributed by atoms with Crippen LogP contribution in [-0.2, 0) is 4.79 Å². The maximum Gasteiger partial charge on any atom is 0.224 e. The summed E-state index contributed by atoms with van der Waals surface area (Å²) in [5, 5.41) is 6.50. The number of nitrogens with one attached hydrogen (secondary N) is 2. The molecule has 1 amide bonds. The minimum atomic E-state index is -0.465. The summed E-state index contributed by atoms with van der Waals surface area (Å²) >= 11 is 0. The van der Waals surface area contributed by atoms with E-state index in [1.165, 1.54) is 0 Å². The highest BCUT2D eigenvalue weighted by Gasteiger charge is 2.35. The molecule has 1 unspecified atom stereocenters. The number of hydrogen-bond acceptors (Lipinski definition) is 3. The van der Waals surface area contributed by atoms with Crippen molar-refractivity contribution in [1.82, 2.24) is 10.6 Å². The van der Waals surface area contributed by atoms with Gasteiger partial charge in [0.2, 0.25) is 5.91 Å². The van der Waals surface area contributed by atoms with E-state index in [1.54, 1.807) is 0 Å². The van der Waals surface area contributed by atoms with Gasteiger partial charge in [0.25, 0.3) is 0 Å². The fourth-order valence-electron chi connectivity index (χ4n) is 1.34. The monoisotopic (exact) mass is 171 g/mol. The molecule has 70 valence electrons. The van der Waals surface area contributed by atoms with Crippen LogP contribution in [-0.4, -0.2) is 31.6 Å². The normalized spacial score (nSPS) is 25.3. The van der Waals surface area contributed by atoms with Crippen molar-refractivity contribution >= 4 is 5.91 Å². The van der Waals surface area contributed by atoms with Crippen LogP contribution in [0.5, 0.6) is 0 Å². The van der Waals surface area contributed by atoms with Crippen molar-refractivity contribution in [1.29, 1.82) is 0 Å². The average Bonchev–Trinajstić information content (AvgIpc) is 2.06. The van der Waals surface area contributed by atoms with Gasteiger partial charge in [-0.15, -0.1) is 0 Å². The molecule has 0 spiro atoms. The van der Waals surface area contributed by atoms with Crippen LogP contribution in [0, 0.1) is 5.41 Å². The highest BCUT2D eigenvalue weighted by molar-refractivity contribution is 5.80. The molecule has 1 heterocycles. The van der Waals surface area contributed by atoms with Gasteiger partial charge in [0.1, 0.15) is 0 Å². The molecule has 0 bridgehead atoms. The largest absolute Gasteiger partial charge is 0.369 e. The van der Waals surface area contributed by atoms with Crippen molar-refractivity contribution in [2.24, 2.45) is 11.1 Å². The van der Waals surface area contributed by atoms with E-state index in [4.69, 9.17) is 5.73 Å². The zero-order chi connectivity index (χ0) is 9.19. The van der Waals surface area contributed by atoms with E-state index in [0.29, 0.717) is 0 Å². The molecule has 0 aromatic carbocycles. The molecule has 12 heavy (non-hydrogen) atoms. The van der Waals surface area contributed by atoms with Crippen LogP contribution in [0.15, 0.2) is 0 Å². The lowest BCUT2D eigenvalue weighted by Gasteiger charge is -2.35. The summed E-state index contributed by atoms with van der Waals surface area (Å²) in [6.07, 6.45) is 0. The van der Waals surface area contributed by atoms with Crippen LogP contribution >= 0.6 is 0 Å². The Kier molecular flexibility index (Phi) is 2.69. The molecule has 4 nitrogen and oxygen atoms in total. The molecule has 1 atom stereocenters. The minimum Gasteiger partial charge on any atom is -0.369 e. The Bertz CT molecular complexity index is 173. The van der Waals surface area contributed by atoms with E-state index in [2.05, 4.69) is 10.6 Å². The smallest absolute Gasteiger partial charge is 0.224 e. The van der Waals surface area contributed by atoms with Gasteiger partial charge < -0.3 is 16.4 Å². The van der Waals surface area contributed by atoms with Crippen molar-refractivity contribution in [2.45, 2.75) is 19.9 Å². The Balaban J connectivity index is 2.59. The first-order valence-electron chi connectivity index (χ1n) is 4.29. The first kappa shape index (κ1) is 9.48. The van der Waals surface area contributed by atoms with Gasteiger partial charge in [-0.2, -0.15) is 0 Å². The van der Waals surface area contributed by atoms with Crippen molar-refractivity contribution < 1.29 is 4.79 Å². The Morgan fingerprint density at radius 3 is 2.58 bits per heavy atom. The number of primary amides is 1. The summed E-state index contributed by atoms with van der Waals surface area (Å²) in [7, 11) is 0. The predicted octanol–water partition coefficient (Wildman–Crippen LogP) is -0.941. The number of amides is 1. The summed E-state index contributed by atoms with van der Waals surface area (Å²) in [5.41, 5.74) is 4.83. The Labute approximate surface area is 72.9 Å². The van der Waals surface area contributed by atoms with Gasteiger partial charge in [-0.1, -0.05) is 0 Å². The first-order chi connectivity index (χ1) is 5.55. The fraction of sp³-hybridized carbons (Fsp3) is 0.875. The van der Waals surface area contributed by atoms with Crippen molar-refractivity contribution in [3.8, 4) is 0 Å². The van der Waals surface area contributed by atoms with Gasteiger partial charge in [0, 0.05) is 25.7 Å². The molecular formula is C8H17N3O. The lowest BCUT2D eigenvalue weighted by molar-refractivity contribution is -0.127. The van der Waals surface area contributed by atoms with Crippen LogP contribution in [0.2, 0.25) is 0 Å². The second kappa shape index (κ2) is 3.41. The predicted molar refractivity (Wildman–Crippen MR) is 47.6 cm³/mol. The number of hydrogen-bond donors (Lipinski definition) is 3. The molecule has 1 rings (SSSR count). The maximum absolute atomic E-state index is 11.1. The lowest BCUT2D eigenvalue weighted by Crippen LogP contribution is -2.58. The van der Waals surface area contributed by atoms with Crippen LogP contribution in [0.25, 0.3) is 0 Å². The molecule has 1 fully saturated rings. The molecule has 4 heteroatoms. The zero-order valence-corrected chi connectivity index (χ0v) is 7.68. The Hall–Kier alpha value is -0.610. The van der Waals surface area contributed by atoms with E-state index in [-0.39, 0.29) is 11.9 Å². The molecule has 0 radical (unpaired) electrons. The number of nitrogens with two attached hydrogens (primary N) is 1. The molecule has 0 aromatic rings. The molecule has 0 aliphatic carbocycles. The minimum absolute atomic E-state index is 0.156. The molecule has 0 saturated carbocycles. The second-order valence-electron chi connectivity index (χ2n) is 3.80. The van der Waals surface area contributed by atoms with Gasteiger partial charge in [-0.3, -0.25) is 4.79 Å². The van der Waals surface area contributed by atoms with E-state index < -0.39 is 5.41 Å². The van der Waals surface area contributed by atoms with E-state index in [9.17, 15) is 4.79 Å². The Morgan fingerprint density at radius 2 is 2.17 bits per heavy atom. The molecule has 1 aliphatic rings. The molecule has 4 N–H and O–H groups in total. The van der Waals surface area contributed by atoms with Crippen molar-refractivity contribution in [3.05, 3.63) is 0 Å².